The quantitative estimate of drug-likeness (QED) is 0.409. The average molecular weight is 216 g/mol. The Bertz CT molecular complexity index is 197. The third-order valence-corrected chi connectivity index (χ3v) is 1.23. The number of esters is 1. The maximum Gasteiger partial charge on any atom is 0.333 e. The number of hydrogen-bond donors (Lipinski definition) is 2. The Morgan fingerprint density at radius 3 is 2.33 bits per heavy atom. The maximum atomic E-state index is 10.5. The van der Waals surface area contributed by atoms with Crippen molar-refractivity contribution in [3.05, 3.63) is 24.8 Å². The molecule has 0 aliphatic carbocycles. The van der Waals surface area contributed by atoms with E-state index in [1.54, 1.807) is 13.8 Å². The van der Waals surface area contributed by atoms with Gasteiger partial charge in [0.05, 0.1) is 6.10 Å². The van der Waals surface area contributed by atoms with Crippen LogP contribution in [-0.4, -0.2) is 35.5 Å². The smallest absolute Gasteiger partial charge is 0.333 e. The molecule has 0 saturated carbocycles. The maximum absolute atomic E-state index is 10.5. The average Bonchev–Trinajstić information content (AvgIpc) is 2.14. The SMILES string of the molecule is C=CCOC(=O)C(=C)C.CC(O)CCO. The van der Waals surface area contributed by atoms with E-state index in [0.717, 1.165) is 0 Å². The molecule has 0 radical (unpaired) electrons. The lowest BCUT2D eigenvalue weighted by molar-refractivity contribution is -0.137. The number of carbonyl (C=O) groups excluding carboxylic acids is 1. The van der Waals surface area contributed by atoms with Gasteiger partial charge in [0.2, 0.25) is 0 Å². The predicted octanol–water partition coefficient (Wildman–Crippen LogP) is 1.04. The van der Waals surface area contributed by atoms with Crippen molar-refractivity contribution >= 4 is 5.97 Å². The Balaban J connectivity index is 0. The fraction of sp³-hybridized carbons (Fsp3) is 0.545. The van der Waals surface area contributed by atoms with Crippen molar-refractivity contribution in [2.45, 2.75) is 26.4 Å². The van der Waals surface area contributed by atoms with E-state index in [1.807, 2.05) is 0 Å². The van der Waals surface area contributed by atoms with Gasteiger partial charge in [-0.2, -0.15) is 0 Å². The van der Waals surface area contributed by atoms with Crippen molar-refractivity contribution in [2.75, 3.05) is 13.2 Å². The lowest BCUT2D eigenvalue weighted by atomic mass is 10.3. The van der Waals surface area contributed by atoms with Gasteiger partial charge in [-0.05, 0) is 20.3 Å². The second-order valence-electron chi connectivity index (χ2n) is 3.03. The Morgan fingerprint density at radius 1 is 1.60 bits per heavy atom. The molecule has 0 saturated heterocycles. The first-order valence-electron chi connectivity index (χ1n) is 4.68. The number of ether oxygens (including phenoxy) is 1. The molecule has 4 nitrogen and oxygen atoms in total. The third kappa shape index (κ3) is 15.6. The molecule has 0 heterocycles. The van der Waals surface area contributed by atoms with Gasteiger partial charge in [-0.25, -0.2) is 4.79 Å². The highest BCUT2D eigenvalue weighted by molar-refractivity contribution is 5.86. The van der Waals surface area contributed by atoms with Gasteiger partial charge < -0.3 is 14.9 Å². The summed E-state index contributed by atoms with van der Waals surface area (Å²) in [7, 11) is 0. The van der Waals surface area contributed by atoms with Crippen LogP contribution in [0.5, 0.6) is 0 Å². The minimum Gasteiger partial charge on any atom is -0.458 e. The molecule has 0 fully saturated rings. The molecule has 0 aliphatic heterocycles. The van der Waals surface area contributed by atoms with Crippen LogP contribution < -0.4 is 0 Å². The lowest BCUT2D eigenvalue weighted by Crippen LogP contribution is -2.03. The van der Waals surface area contributed by atoms with E-state index >= 15 is 0 Å². The van der Waals surface area contributed by atoms with Crippen LogP contribution in [0.15, 0.2) is 24.8 Å². The minimum atomic E-state index is -0.366. The standard InChI is InChI=1S/C7H10O2.C4H10O2/c1-4-5-9-7(8)6(2)3;1-4(6)2-3-5/h4H,1-2,5H2,3H3;4-6H,2-3H2,1H3. The Labute approximate surface area is 90.9 Å². The van der Waals surface area contributed by atoms with Gasteiger partial charge in [0.25, 0.3) is 0 Å². The predicted molar refractivity (Wildman–Crippen MR) is 59.4 cm³/mol. The molecule has 4 heteroatoms. The van der Waals surface area contributed by atoms with Crippen LogP contribution in [0.4, 0.5) is 0 Å². The normalized spacial score (nSPS) is 10.7. The summed E-state index contributed by atoms with van der Waals surface area (Å²) in [6.07, 6.45) is 1.65. The summed E-state index contributed by atoms with van der Waals surface area (Å²) >= 11 is 0. The largest absolute Gasteiger partial charge is 0.458 e. The highest BCUT2D eigenvalue weighted by Gasteiger charge is 1.98. The van der Waals surface area contributed by atoms with Gasteiger partial charge in [-0.15, -0.1) is 0 Å². The summed E-state index contributed by atoms with van der Waals surface area (Å²) < 4.78 is 4.60. The zero-order chi connectivity index (χ0) is 12.3. The monoisotopic (exact) mass is 216 g/mol. The number of carbonyl (C=O) groups is 1. The van der Waals surface area contributed by atoms with Crippen LogP contribution in [0.1, 0.15) is 20.3 Å². The molecular formula is C11H20O4. The summed E-state index contributed by atoms with van der Waals surface area (Å²) in [5, 5.41) is 16.5. The number of aliphatic hydroxyl groups excluding tert-OH is 2. The van der Waals surface area contributed by atoms with E-state index in [-0.39, 0.29) is 25.3 Å². The van der Waals surface area contributed by atoms with E-state index in [1.165, 1.54) is 6.08 Å². The van der Waals surface area contributed by atoms with E-state index < -0.39 is 0 Å². The molecule has 1 atom stereocenters. The summed E-state index contributed by atoms with van der Waals surface area (Å²) in [5.41, 5.74) is 0.414. The van der Waals surface area contributed by atoms with Gasteiger partial charge in [0, 0.05) is 12.2 Å². The first-order valence-corrected chi connectivity index (χ1v) is 4.68. The van der Waals surface area contributed by atoms with E-state index in [9.17, 15) is 4.79 Å². The van der Waals surface area contributed by atoms with Gasteiger partial charge >= 0.3 is 5.97 Å². The van der Waals surface area contributed by atoms with E-state index in [0.29, 0.717) is 12.0 Å². The molecule has 1 unspecified atom stereocenters. The van der Waals surface area contributed by atoms with Crippen molar-refractivity contribution < 1.29 is 19.7 Å². The molecule has 0 aliphatic rings. The molecule has 88 valence electrons. The van der Waals surface area contributed by atoms with Crippen LogP contribution in [0.2, 0.25) is 0 Å². The van der Waals surface area contributed by atoms with Crippen molar-refractivity contribution in [3.8, 4) is 0 Å². The zero-order valence-corrected chi connectivity index (χ0v) is 9.40. The molecule has 0 aromatic carbocycles. The number of rotatable bonds is 5. The fourth-order valence-electron chi connectivity index (χ4n) is 0.445. The summed E-state index contributed by atoms with van der Waals surface area (Å²) in [5.74, 6) is -0.366. The van der Waals surface area contributed by atoms with Crippen LogP contribution in [0.3, 0.4) is 0 Å². The molecule has 0 bridgehead atoms. The van der Waals surface area contributed by atoms with Crippen molar-refractivity contribution in [1.29, 1.82) is 0 Å². The van der Waals surface area contributed by atoms with Crippen molar-refractivity contribution in [2.24, 2.45) is 0 Å². The van der Waals surface area contributed by atoms with E-state index in [4.69, 9.17) is 10.2 Å². The first-order chi connectivity index (χ1) is 6.95. The van der Waals surface area contributed by atoms with Crippen LogP contribution in [0, 0.1) is 0 Å². The summed E-state index contributed by atoms with van der Waals surface area (Å²) in [6.45, 7) is 10.4. The molecule has 0 rings (SSSR count). The molecule has 0 amide bonds. The highest BCUT2D eigenvalue weighted by Crippen LogP contribution is 1.90. The second kappa shape index (κ2) is 10.9. The molecule has 0 aromatic heterocycles. The van der Waals surface area contributed by atoms with Crippen molar-refractivity contribution in [1.82, 2.24) is 0 Å². The van der Waals surface area contributed by atoms with Crippen LogP contribution >= 0.6 is 0 Å². The Hall–Kier alpha value is -1.13. The zero-order valence-electron chi connectivity index (χ0n) is 9.40. The number of hydrogen-bond acceptors (Lipinski definition) is 4. The molecule has 2 N–H and O–H groups in total. The Morgan fingerprint density at radius 2 is 2.13 bits per heavy atom. The summed E-state index contributed by atoms with van der Waals surface area (Å²) in [4.78, 5) is 10.5. The first kappa shape index (κ1) is 16.3. The van der Waals surface area contributed by atoms with Gasteiger partial charge in [0.1, 0.15) is 6.61 Å². The van der Waals surface area contributed by atoms with Gasteiger partial charge in [0.15, 0.2) is 0 Å². The molecule has 0 spiro atoms. The summed E-state index contributed by atoms with van der Waals surface area (Å²) in [6, 6.07) is 0. The van der Waals surface area contributed by atoms with Gasteiger partial charge in [-0.3, -0.25) is 0 Å². The minimum absolute atomic E-state index is 0.0810. The van der Waals surface area contributed by atoms with Gasteiger partial charge in [-0.1, -0.05) is 19.2 Å². The van der Waals surface area contributed by atoms with Crippen LogP contribution in [0.25, 0.3) is 0 Å². The topological polar surface area (TPSA) is 66.8 Å². The molecule has 0 aromatic rings. The highest BCUT2D eigenvalue weighted by atomic mass is 16.5. The van der Waals surface area contributed by atoms with Crippen LogP contribution in [-0.2, 0) is 9.53 Å². The second-order valence-corrected chi connectivity index (χ2v) is 3.03. The Kier molecular flexibility index (Phi) is 11.9. The molecule has 15 heavy (non-hydrogen) atoms. The molecular weight excluding hydrogens is 196 g/mol. The lowest BCUT2D eigenvalue weighted by Gasteiger charge is -1.97. The fourth-order valence-corrected chi connectivity index (χ4v) is 0.445. The van der Waals surface area contributed by atoms with Crippen molar-refractivity contribution in [3.63, 3.8) is 0 Å². The number of aliphatic hydroxyl groups is 2. The van der Waals surface area contributed by atoms with E-state index in [2.05, 4.69) is 17.9 Å². The third-order valence-electron chi connectivity index (χ3n) is 1.23.